The Kier molecular flexibility index (Phi) is 7.94. The minimum absolute atomic E-state index is 0.164. The van der Waals surface area contributed by atoms with E-state index in [1.165, 1.54) is 0 Å². The number of ketones is 1. The number of ether oxygens (including phenoxy) is 1. The highest BCUT2D eigenvalue weighted by molar-refractivity contribution is 7.90. The standard InChI is InChI=1S/C32H42N4O6S/c1-8-21-15-32(21,30(39)35-43(40,41)23-10-11-23)16-27(37)26-14-22(17-36(26)29(38)19(3)31(5,6)7)42-28-24-13-18(2)9-12-25(24)33-20(4)34-28/h8-9,12-13,19,21-23,26H,1,10-11,14-17H2,2-7H3,(H,35,39)/t19-,21-,22?,26?,32-/m1/s1. The quantitative estimate of drug-likeness (QED) is 0.398. The lowest BCUT2D eigenvalue weighted by molar-refractivity contribution is -0.144. The van der Waals surface area contributed by atoms with Crippen molar-refractivity contribution in [3.63, 3.8) is 0 Å². The van der Waals surface area contributed by atoms with Gasteiger partial charge in [-0.2, -0.15) is 4.98 Å². The van der Waals surface area contributed by atoms with E-state index >= 15 is 0 Å². The maximum absolute atomic E-state index is 14.0. The Hall–Kier alpha value is -3.34. The minimum Gasteiger partial charge on any atom is -0.472 e. The molecule has 2 heterocycles. The van der Waals surface area contributed by atoms with Gasteiger partial charge < -0.3 is 9.64 Å². The number of nitrogens with one attached hydrogen (secondary N) is 1. The number of carbonyl (C=O) groups is 3. The molecule has 10 nitrogen and oxygen atoms in total. The smallest absolute Gasteiger partial charge is 0.240 e. The zero-order chi connectivity index (χ0) is 31.5. The van der Waals surface area contributed by atoms with Crippen molar-refractivity contribution in [1.82, 2.24) is 19.6 Å². The fourth-order valence-electron chi connectivity index (χ4n) is 5.93. The van der Waals surface area contributed by atoms with E-state index in [-0.39, 0.29) is 48.3 Å². The van der Waals surface area contributed by atoms with Gasteiger partial charge in [-0.3, -0.25) is 19.1 Å². The normalized spacial score (nSPS) is 26.2. The van der Waals surface area contributed by atoms with Gasteiger partial charge in [-0.15, -0.1) is 6.58 Å². The fourth-order valence-corrected chi connectivity index (χ4v) is 7.32. The van der Waals surface area contributed by atoms with E-state index in [0.717, 1.165) is 16.5 Å². The lowest BCUT2D eigenvalue weighted by atomic mass is 9.81. The number of aromatic nitrogens is 2. The number of sulfonamides is 1. The van der Waals surface area contributed by atoms with Crippen LogP contribution < -0.4 is 9.46 Å². The largest absolute Gasteiger partial charge is 0.472 e. The highest BCUT2D eigenvalue weighted by atomic mass is 32.2. The first-order valence-electron chi connectivity index (χ1n) is 15.0. The Labute approximate surface area is 253 Å². The van der Waals surface area contributed by atoms with Gasteiger partial charge >= 0.3 is 0 Å². The second kappa shape index (κ2) is 11.0. The number of Topliss-reactive ketones (excluding diaryl/α,β-unsaturated/α-hetero) is 1. The molecule has 2 saturated carbocycles. The fraction of sp³-hybridized carbons (Fsp3) is 0.594. The van der Waals surface area contributed by atoms with Gasteiger partial charge in [0.2, 0.25) is 27.7 Å². The van der Waals surface area contributed by atoms with Crippen LogP contribution in [0.4, 0.5) is 0 Å². The van der Waals surface area contributed by atoms with E-state index in [1.54, 1.807) is 17.9 Å². The summed E-state index contributed by atoms with van der Waals surface area (Å²) in [5.74, 6) is -0.876. The minimum atomic E-state index is -3.78. The molecule has 2 amide bonds. The number of nitrogens with zero attached hydrogens (tertiary/aromatic N) is 3. The number of amides is 2. The molecule has 11 heteroatoms. The first-order chi connectivity index (χ1) is 20.1. The van der Waals surface area contributed by atoms with Gasteiger partial charge in [0, 0.05) is 18.8 Å². The number of carbonyl (C=O) groups excluding carboxylic acids is 3. The Balaban J connectivity index is 1.42. The first-order valence-corrected chi connectivity index (χ1v) is 16.5. The average molecular weight is 611 g/mol. The molecule has 1 aromatic carbocycles. The molecule has 5 atom stereocenters. The van der Waals surface area contributed by atoms with Gasteiger partial charge in [0.25, 0.3) is 0 Å². The summed E-state index contributed by atoms with van der Waals surface area (Å²) in [6.45, 7) is 15.5. The van der Waals surface area contributed by atoms with Gasteiger partial charge in [-0.1, -0.05) is 45.4 Å². The van der Waals surface area contributed by atoms with Crippen LogP contribution in [0.15, 0.2) is 30.9 Å². The molecule has 2 aromatic rings. The Morgan fingerprint density at radius 3 is 2.51 bits per heavy atom. The molecule has 3 fully saturated rings. The molecule has 0 radical (unpaired) electrons. The predicted octanol–water partition coefficient (Wildman–Crippen LogP) is 4.04. The molecular formula is C32H42N4O6S. The molecule has 1 N–H and O–H groups in total. The summed E-state index contributed by atoms with van der Waals surface area (Å²) in [6.07, 6.45) is 2.51. The van der Waals surface area contributed by atoms with Gasteiger partial charge in [-0.05, 0) is 56.6 Å². The zero-order valence-electron chi connectivity index (χ0n) is 25.8. The molecule has 5 rings (SSSR count). The number of hydrogen-bond donors (Lipinski definition) is 1. The van der Waals surface area contributed by atoms with Crippen LogP contribution in [0.1, 0.15) is 71.2 Å². The van der Waals surface area contributed by atoms with E-state index in [2.05, 4.69) is 21.3 Å². The highest BCUT2D eigenvalue weighted by Crippen LogP contribution is 2.57. The zero-order valence-corrected chi connectivity index (χ0v) is 26.7. The van der Waals surface area contributed by atoms with E-state index in [0.29, 0.717) is 31.0 Å². The van der Waals surface area contributed by atoms with Crippen LogP contribution in [0.3, 0.4) is 0 Å². The molecule has 43 heavy (non-hydrogen) atoms. The summed E-state index contributed by atoms with van der Waals surface area (Å²) >= 11 is 0. The second-order valence-corrected chi connectivity index (χ2v) is 15.6. The second-order valence-electron chi connectivity index (χ2n) is 13.7. The number of hydrogen-bond acceptors (Lipinski definition) is 8. The molecule has 1 saturated heterocycles. The summed E-state index contributed by atoms with van der Waals surface area (Å²) in [4.78, 5) is 51.8. The van der Waals surface area contributed by atoms with Gasteiger partial charge in [0.15, 0.2) is 5.78 Å². The summed E-state index contributed by atoms with van der Waals surface area (Å²) in [6, 6.07) is 5.00. The molecule has 1 aromatic heterocycles. The molecule has 3 aliphatic rings. The predicted molar refractivity (Wildman–Crippen MR) is 163 cm³/mol. The Morgan fingerprint density at radius 1 is 1.21 bits per heavy atom. The molecule has 2 unspecified atom stereocenters. The molecule has 0 bridgehead atoms. The number of fused-ring (bicyclic) bond motifs is 1. The van der Waals surface area contributed by atoms with Crippen molar-refractivity contribution in [3.05, 3.63) is 42.2 Å². The van der Waals surface area contributed by atoms with E-state index in [1.807, 2.05) is 52.8 Å². The van der Waals surface area contributed by atoms with E-state index in [9.17, 15) is 22.8 Å². The van der Waals surface area contributed by atoms with Crippen molar-refractivity contribution in [2.24, 2.45) is 22.7 Å². The number of rotatable bonds is 10. The van der Waals surface area contributed by atoms with E-state index < -0.39 is 38.7 Å². The SMILES string of the molecule is C=C[C@@H]1C[C@]1(CC(=O)C1CC(Oc2nc(C)nc3ccc(C)cc23)CN1C(=O)[C@@H](C)C(C)(C)C)C(=O)NS(=O)(=O)C1CC1. The number of benzene rings is 1. The van der Waals surface area contributed by atoms with Gasteiger partial charge in [0.1, 0.15) is 11.9 Å². The van der Waals surface area contributed by atoms with E-state index in [4.69, 9.17) is 4.74 Å². The topological polar surface area (TPSA) is 136 Å². The monoisotopic (exact) mass is 610 g/mol. The number of likely N-dealkylation sites (tertiary alicyclic amines) is 1. The Bertz CT molecular complexity index is 1590. The lowest BCUT2D eigenvalue weighted by Crippen LogP contribution is -2.47. The van der Waals surface area contributed by atoms with Crippen LogP contribution in [-0.4, -0.2) is 64.8 Å². The van der Waals surface area contributed by atoms with Crippen LogP contribution >= 0.6 is 0 Å². The molecular weight excluding hydrogens is 568 g/mol. The lowest BCUT2D eigenvalue weighted by Gasteiger charge is -2.33. The van der Waals surface area contributed by atoms with Crippen LogP contribution in [0, 0.1) is 36.5 Å². The third kappa shape index (κ3) is 6.18. The van der Waals surface area contributed by atoms with Crippen molar-refractivity contribution in [1.29, 1.82) is 0 Å². The van der Waals surface area contributed by atoms with Gasteiger partial charge in [-0.25, -0.2) is 13.4 Å². The third-order valence-corrected chi connectivity index (χ3v) is 11.2. The first kappa shape index (κ1) is 31.1. The molecule has 1 aliphatic heterocycles. The summed E-state index contributed by atoms with van der Waals surface area (Å²) in [7, 11) is -3.78. The third-order valence-electron chi connectivity index (χ3n) is 9.35. The summed E-state index contributed by atoms with van der Waals surface area (Å²) in [5.41, 5.74) is 0.227. The van der Waals surface area contributed by atoms with Crippen LogP contribution in [0.2, 0.25) is 0 Å². The average Bonchev–Trinajstić information content (AvgIpc) is 3.84. The molecule has 0 spiro atoms. The van der Waals surface area contributed by atoms with Gasteiger partial charge in [0.05, 0.1) is 34.2 Å². The van der Waals surface area contributed by atoms with Crippen molar-refractivity contribution in [3.8, 4) is 5.88 Å². The van der Waals surface area contributed by atoms with Crippen molar-refractivity contribution < 1.29 is 27.5 Å². The maximum atomic E-state index is 14.0. The van der Waals surface area contributed by atoms with Crippen molar-refractivity contribution in [2.75, 3.05) is 6.54 Å². The Morgan fingerprint density at radius 2 is 1.91 bits per heavy atom. The summed E-state index contributed by atoms with van der Waals surface area (Å²) in [5, 5.41) is 0.191. The van der Waals surface area contributed by atoms with Crippen LogP contribution in [-0.2, 0) is 24.4 Å². The number of aryl methyl sites for hydroxylation is 2. The van der Waals surface area contributed by atoms with Crippen molar-refractivity contribution in [2.45, 2.75) is 91.0 Å². The number of allylic oxidation sites excluding steroid dienone is 1. The van der Waals surface area contributed by atoms with Crippen LogP contribution in [0.5, 0.6) is 5.88 Å². The molecule has 232 valence electrons. The van der Waals surface area contributed by atoms with Crippen LogP contribution in [0.25, 0.3) is 10.9 Å². The molecule has 2 aliphatic carbocycles. The van der Waals surface area contributed by atoms with Crippen molar-refractivity contribution >= 4 is 38.5 Å². The highest BCUT2D eigenvalue weighted by Gasteiger charge is 2.61. The maximum Gasteiger partial charge on any atom is 0.240 e. The summed E-state index contributed by atoms with van der Waals surface area (Å²) < 4.78 is 33.8.